The number of amides is 1. The molecule has 1 N–H and O–H groups in total. The van der Waals surface area contributed by atoms with Crippen LogP contribution in [0.1, 0.15) is 17.0 Å². The van der Waals surface area contributed by atoms with Gasteiger partial charge in [-0.25, -0.2) is 9.37 Å². The minimum Gasteiger partial charge on any atom is -0.348 e. The van der Waals surface area contributed by atoms with Crippen molar-refractivity contribution in [2.45, 2.75) is 13.5 Å². The minimum atomic E-state index is -0.366. The second-order valence-corrected chi connectivity index (χ2v) is 6.60. The van der Waals surface area contributed by atoms with Crippen molar-refractivity contribution in [2.75, 3.05) is 0 Å². The van der Waals surface area contributed by atoms with Crippen molar-refractivity contribution in [1.29, 1.82) is 0 Å². The number of fused-ring (bicyclic) bond motifs is 1. The monoisotopic (exact) mass is 386 g/mol. The minimum absolute atomic E-state index is 0.233. The Morgan fingerprint density at radius 3 is 2.79 bits per heavy atom. The summed E-state index contributed by atoms with van der Waals surface area (Å²) in [4.78, 5) is 20.7. The van der Waals surface area contributed by atoms with E-state index < -0.39 is 0 Å². The van der Waals surface area contributed by atoms with Gasteiger partial charge in [-0.05, 0) is 36.8 Å². The maximum absolute atomic E-state index is 14.5. The van der Waals surface area contributed by atoms with Gasteiger partial charge < -0.3 is 9.88 Å². The number of carbonyl (C=O) groups is 1. The Morgan fingerprint density at radius 2 is 2.00 bits per heavy atom. The highest BCUT2D eigenvalue weighted by Crippen LogP contribution is 2.18. The molecule has 0 radical (unpaired) electrons. The predicted octanol–water partition coefficient (Wildman–Crippen LogP) is 4.20. The lowest BCUT2D eigenvalue weighted by atomic mass is 10.1. The molecule has 0 aliphatic carbocycles. The van der Waals surface area contributed by atoms with E-state index in [0.29, 0.717) is 17.1 Å². The molecule has 0 aliphatic rings. The molecule has 0 saturated carbocycles. The van der Waals surface area contributed by atoms with Crippen molar-refractivity contribution < 1.29 is 9.18 Å². The van der Waals surface area contributed by atoms with Crippen LogP contribution in [0.5, 0.6) is 0 Å². The molecule has 0 spiro atoms. The zero-order valence-electron chi connectivity index (χ0n) is 15.8. The highest BCUT2D eigenvalue weighted by Gasteiger charge is 2.08. The van der Waals surface area contributed by atoms with Crippen LogP contribution in [-0.2, 0) is 11.3 Å². The van der Waals surface area contributed by atoms with E-state index in [4.69, 9.17) is 0 Å². The number of halogens is 1. The van der Waals surface area contributed by atoms with Gasteiger partial charge in [0.1, 0.15) is 11.6 Å². The molecule has 2 aromatic heterocycles. The van der Waals surface area contributed by atoms with Crippen LogP contribution in [0.25, 0.3) is 22.7 Å². The number of nitrogens with one attached hydrogen (secondary N) is 1. The average molecular weight is 386 g/mol. The number of rotatable bonds is 5. The van der Waals surface area contributed by atoms with Crippen molar-refractivity contribution in [2.24, 2.45) is 0 Å². The molecular formula is C23H19FN4O. The topological polar surface area (TPSA) is 59.8 Å². The molecule has 5 nitrogen and oxygen atoms in total. The third-order valence-electron chi connectivity index (χ3n) is 4.64. The fourth-order valence-electron chi connectivity index (χ4n) is 3.16. The lowest BCUT2D eigenvalue weighted by Gasteiger charge is -2.09. The van der Waals surface area contributed by atoms with E-state index in [2.05, 4.69) is 15.3 Å². The first-order valence-electron chi connectivity index (χ1n) is 9.20. The van der Waals surface area contributed by atoms with E-state index in [1.807, 2.05) is 37.3 Å². The molecule has 144 valence electrons. The van der Waals surface area contributed by atoms with Gasteiger partial charge in [-0.2, -0.15) is 0 Å². The molecule has 0 fully saturated rings. The molecule has 1 amide bonds. The average Bonchev–Trinajstić information content (AvgIpc) is 3.16. The summed E-state index contributed by atoms with van der Waals surface area (Å²) in [5.74, 6) is 0.0844. The molecule has 2 heterocycles. The van der Waals surface area contributed by atoms with Crippen LogP contribution < -0.4 is 5.32 Å². The van der Waals surface area contributed by atoms with Crippen molar-refractivity contribution in [3.05, 3.63) is 96.0 Å². The molecular weight excluding hydrogens is 367 g/mol. The third-order valence-corrected chi connectivity index (χ3v) is 4.64. The van der Waals surface area contributed by atoms with E-state index in [1.54, 1.807) is 41.4 Å². The normalized spacial score (nSPS) is 11.2. The van der Waals surface area contributed by atoms with Gasteiger partial charge in [-0.3, -0.25) is 9.78 Å². The lowest BCUT2D eigenvalue weighted by molar-refractivity contribution is -0.116. The second kappa shape index (κ2) is 8.06. The first-order chi connectivity index (χ1) is 14.1. The highest BCUT2D eigenvalue weighted by molar-refractivity contribution is 5.95. The van der Waals surface area contributed by atoms with E-state index >= 15 is 0 Å². The molecule has 6 heteroatoms. The Kier molecular flexibility index (Phi) is 5.16. The van der Waals surface area contributed by atoms with Crippen molar-refractivity contribution in [1.82, 2.24) is 19.9 Å². The molecule has 0 saturated heterocycles. The fourth-order valence-corrected chi connectivity index (χ4v) is 3.16. The van der Waals surface area contributed by atoms with Gasteiger partial charge in [0.2, 0.25) is 5.91 Å². The number of aromatic nitrogens is 3. The molecule has 0 bridgehead atoms. The number of hydrogen-bond acceptors (Lipinski definition) is 3. The Balaban J connectivity index is 1.42. The second-order valence-electron chi connectivity index (χ2n) is 6.60. The van der Waals surface area contributed by atoms with Gasteiger partial charge in [0, 0.05) is 42.2 Å². The van der Waals surface area contributed by atoms with Gasteiger partial charge in [-0.1, -0.05) is 30.3 Å². The summed E-state index contributed by atoms with van der Waals surface area (Å²) in [6.07, 6.45) is 8.26. The van der Waals surface area contributed by atoms with Gasteiger partial charge in [0.15, 0.2) is 0 Å². The molecule has 0 aliphatic heterocycles. The Bertz CT molecular complexity index is 1210. The van der Waals surface area contributed by atoms with Crippen LogP contribution in [0.15, 0.2) is 73.2 Å². The summed E-state index contributed by atoms with van der Waals surface area (Å²) in [6.45, 7) is 2.04. The molecule has 4 aromatic rings. The standard InChI is InChI=1S/C23H19FN4O/c1-16-25-12-13-28(16)21-9-7-17(14-20(21)24)15-27-22(29)10-8-19-5-2-4-18-6-3-11-26-23(18)19/h2-14H,15H2,1H3,(H,27,29)/b10-8+. The summed E-state index contributed by atoms with van der Waals surface area (Å²) < 4.78 is 16.1. The zero-order chi connectivity index (χ0) is 20.2. The molecule has 2 aromatic carbocycles. The van der Waals surface area contributed by atoms with Gasteiger partial charge in [-0.15, -0.1) is 0 Å². The molecule has 0 unspecified atom stereocenters. The number of aryl methyl sites for hydroxylation is 1. The summed E-state index contributed by atoms with van der Waals surface area (Å²) in [7, 11) is 0. The summed E-state index contributed by atoms with van der Waals surface area (Å²) in [5, 5.41) is 3.79. The zero-order valence-corrected chi connectivity index (χ0v) is 15.8. The maximum Gasteiger partial charge on any atom is 0.244 e. The number of para-hydroxylation sites is 1. The number of pyridine rings is 1. The fraction of sp³-hybridized carbons (Fsp3) is 0.0870. The van der Waals surface area contributed by atoms with Crippen molar-refractivity contribution in [3.8, 4) is 5.69 Å². The van der Waals surface area contributed by atoms with Gasteiger partial charge in [0.25, 0.3) is 0 Å². The predicted molar refractivity (Wildman–Crippen MR) is 111 cm³/mol. The number of carbonyl (C=O) groups excluding carboxylic acids is 1. The van der Waals surface area contributed by atoms with Crippen LogP contribution in [-0.4, -0.2) is 20.4 Å². The SMILES string of the molecule is Cc1nccn1-c1ccc(CNC(=O)/C=C/c2cccc3cccnc23)cc1F. The number of benzene rings is 2. The lowest BCUT2D eigenvalue weighted by Crippen LogP contribution is -2.20. The first-order valence-corrected chi connectivity index (χ1v) is 9.20. The number of imidazole rings is 1. The van der Waals surface area contributed by atoms with Crippen LogP contribution in [0.4, 0.5) is 4.39 Å². The molecule has 4 rings (SSSR count). The summed E-state index contributed by atoms with van der Waals surface area (Å²) in [6, 6.07) is 14.6. The Morgan fingerprint density at radius 1 is 1.14 bits per heavy atom. The van der Waals surface area contributed by atoms with Gasteiger partial charge >= 0.3 is 0 Å². The largest absolute Gasteiger partial charge is 0.348 e. The van der Waals surface area contributed by atoms with Crippen molar-refractivity contribution in [3.63, 3.8) is 0 Å². The van der Waals surface area contributed by atoms with E-state index in [1.165, 1.54) is 12.1 Å². The maximum atomic E-state index is 14.5. The number of hydrogen-bond donors (Lipinski definition) is 1. The van der Waals surface area contributed by atoms with Crippen LogP contribution in [0.3, 0.4) is 0 Å². The van der Waals surface area contributed by atoms with E-state index in [9.17, 15) is 9.18 Å². The van der Waals surface area contributed by atoms with E-state index in [-0.39, 0.29) is 18.3 Å². The van der Waals surface area contributed by atoms with E-state index in [0.717, 1.165) is 16.5 Å². The summed E-state index contributed by atoms with van der Waals surface area (Å²) in [5.41, 5.74) is 2.81. The van der Waals surface area contributed by atoms with Crippen molar-refractivity contribution >= 4 is 22.9 Å². The summed E-state index contributed by atoms with van der Waals surface area (Å²) >= 11 is 0. The number of nitrogens with zero attached hydrogens (tertiary/aromatic N) is 3. The third kappa shape index (κ3) is 4.06. The smallest absolute Gasteiger partial charge is 0.244 e. The molecule has 29 heavy (non-hydrogen) atoms. The molecule has 0 atom stereocenters. The van der Waals surface area contributed by atoms with Gasteiger partial charge in [0.05, 0.1) is 11.2 Å². The van der Waals surface area contributed by atoms with Crippen LogP contribution in [0, 0.1) is 12.7 Å². The Labute approximate surface area is 167 Å². The quantitative estimate of drug-likeness (QED) is 0.523. The first kappa shape index (κ1) is 18.6. The van der Waals surface area contributed by atoms with Crippen LogP contribution in [0.2, 0.25) is 0 Å². The highest BCUT2D eigenvalue weighted by atomic mass is 19.1. The van der Waals surface area contributed by atoms with Crippen LogP contribution >= 0.6 is 0 Å². The Hall–Kier alpha value is -3.80.